The summed E-state index contributed by atoms with van der Waals surface area (Å²) in [7, 11) is -2.32. The number of ether oxygens (including phenoxy) is 1. The van der Waals surface area contributed by atoms with Crippen LogP contribution in [0, 0.1) is 6.92 Å². The third-order valence-corrected chi connectivity index (χ3v) is 4.73. The number of carbonyl (C=O) groups is 1. The van der Waals surface area contributed by atoms with Crippen molar-refractivity contribution in [3.05, 3.63) is 48.0 Å². The van der Waals surface area contributed by atoms with Crippen molar-refractivity contribution in [3.8, 4) is 5.75 Å². The summed E-state index contributed by atoms with van der Waals surface area (Å²) >= 11 is 0. The Morgan fingerprint density at radius 3 is 2.54 bits per heavy atom. The molecule has 0 fully saturated rings. The molecule has 0 aliphatic heterocycles. The van der Waals surface area contributed by atoms with Crippen LogP contribution in [0.1, 0.15) is 18.9 Å². The number of hydrogen-bond donors (Lipinski definition) is 2. The van der Waals surface area contributed by atoms with Crippen LogP contribution in [-0.4, -0.2) is 21.4 Å². The van der Waals surface area contributed by atoms with E-state index < -0.39 is 10.0 Å². The molecular formula is C17H20N2O4S. The topological polar surface area (TPSA) is 84.5 Å². The molecule has 0 aliphatic rings. The molecule has 0 radical (unpaired) electrons. The van der Waals surface area contributed by atoms with Crippen LogP contribution in [0.15, 0.2) is 47.4 Å². The minimum absolute atomic E-state index is 0.0382. The lowest BCUT2D eigenvalue weighted by Crippen LogP contribution is -2.15. The molecule has 128 valence electrons. The highest BCUT2D eigenvalue weighted by Gasteiger charge is 2.17. The van der Waals surface area contributed by atoms with Crippen molar-refractivity contribution in [2.45, 2.75) is 25.2 Å². The third kappa shape index (κ3) is 4.26. The number of benzene rings is 2. The maximum atomic E-state index is 12.6. The number of sulfonamides is 1. The zero-order chi connectivity index (χ0) is 17.7. The first-order valence-electron chi connectivity index (χ1n) is 7.43. The highest BCUT2D eigenvalue weighted by molar-refractivity contribution is 7.92. The Kier molecular flexibility index (Phi) is 5.46. The molecule has 0 atom stereocenters. The summed E-state index contributed by atoms with van der Waals surface area (Å²) in [6, 6.07) is 11.4. The predicted octanol–water partition coefficient (Wildman–Crippen LogP) is 3.15. The van der Waals surface area contributed by atoms with Crippen LogP contribution in [-0.2, 0) is 14.8 Å². The number of methoxy groups -OCH3 is 1. The second-order valence-electron chi connectivity index (χ2n) is 5.24. The monoisotopic (exact) mass is 348 g/mol. The summed E-state index contributed by atoms with van der Waals surface area (Å²) in [5.41, 5.74) is 1.74. The molecule has 0 saturated heterocycles. The van der Waals surface area contributed by atoms with Gasteiger partial charge >= 0.3 is 0 Å². The van der Waals surface area contributed by atoms with Crippen molar-refractivity contribution in [1.82, 2.24) is 0 Å². The van der Waals surface area contributed by atoms with Crippen molar-refractivity contribution in [1.29, 1.82) is 0 Å². The van der Waals surface area contributed by atoms with E-state index in [4.69, 9.17) is 4.74 Å². The molecule has 24 heavy (non-hydrogen) atoms. The molecule has 0 saturated carbocycles. The molecular weight excluding hydrogens is 328 g/mol. The van der Waals surface area contributed by atoms with E-state index in [0.29, 0.717) is 17.1 Å². The predicted molar refractivity (Wildman–Crippen MR) is 93.9 cm³/mol. The van der Waals surface area contributed by atoms with E-state index in [9.17, 15) is 13.2 Å². The number of carbonyl (C=O) groups excluding carboxylic acids is 1. The Morgan fingerprint density at radius 2 is 1.92 bits per heavy atom. The highest BCUT2D eigenvalue weighted by atomic mass is 32.2. The van der Waals surface area contributed by atoms with Gasteiger partial charge in [0, 0.05) is 12.1 Å². The largest absolute Gasteiger partial charge is 0.495 e. The van der Waals surface area contributed by atoms with Crippen molar-refractivity contribution >= 4 is 27.3 Å². The zero-order valence-electron chi connectivity index (χ0n) is 13.8. The molecule has 2 aromatic rings. The van der Waals surface area contributed by atoms with Gasteiger partial charge in [0.05, 0.1) is 17.7 Å². The maximum absolute atomic E-state index is 12.6. The Morgan fingerprint density at radius 1 is 1.17 bits per heavy atom. The number of aryl methyl sites for hydroxylation is 1. The van der Waals surface area contributed by atoms with Gasteiger partial charge in [-0.1, -0.05) is 19.1 Å². The minimum atomic E-state index is -3.78. The number of amides is 1. The van der Waals surface area contributed by atoms with Gasteiger partial charge in [-0.15, -0.1) is 0 Å². The van der Waals surface area contributed by atoms with Crippen LogP contribution < -0.4 is 14.8 Å². The van der Waals surface area contributed by atoms with Gasteiger partial charge in [-0.05, 0) is 42.8 Å². The summed E-state index contributed by atoms with van der Waals surface area (Å²) < 4.78 is 32.8. The van der Waals surface area contributed by atoms with Crippen LogP contribution >= 0.6 is 0 Å². The third-order valence-electron chi connectivity index (χ3n) is 3.35. The smallest absolute Gasteiger partial charge is 0.261 e. The summed E-state index contributed by atoms with van der Waals surface area (Å²) in [6.07, 6.45) is 0.279. The van der Waals surface area contributed by atoms with Crippen molar-refractivity contribution in [3.63, 3.8) is 0 Å². The molecule has 1 amide bonds. The first-order valence-corrected chi connectivity index (χ1v) is 8.91. The fourth-order valence-electron chi connectivity index (χ4n) is 2.11. The average molecular weight is 348 g/mol. The van der Waals surface area contributed by atoms with Crippen LogP contribution in [0.2, 0.25) is 0 Å². The molecule has 0 heterocycles. The van der Waals surface area contributed by atoms with Gasteiger partial charge in [0.25, 0.3) is 10.0 Å². The van der Waals surface area contributed by atoms with Crippen LogP contribution in [0.25, 0.3) is 0 Å². The summed E-state index contributed by atoms with van der Waals surface area (Å²) in [6.45, 7) is 3.59. The normalized spacial score (nSPS) is 11.0. The molecule has 2 aromatic carbocycles. The Labute approximate surface area is 141 Å². The van der Waals surface area contributed by atoms with Gasteiger partial charge in [0.15, 0.2) is 0 Å². The molecule has 2 rings (SSSR count). The second kappa shape index (κ2) is 7.35. The Balaban J connectivity index is 2.36. The molecule has 6 nitrogen and oxygen atoms in total. The lowest BCUT2D eigenvalue weighted by Gasteiger charge is -2.13. The fraction of sp³-hybridized carbons (Fsp3) is 0.235. The van der Waals surface area contributed by atoms with Crippen molar-refractivity contribution < 1.29 is 17.9 Å². The number of anilines is 2. The number of nitrogens with one attached hydrogen (secondary N) is 2. The zero-order valence-corrected chi connectivity index (χ0v) is 14.6. The van der Waals surface area contributed by atoms with E-state index in [-0.39, 0.29) is 17.2 Å². The van der Waals surface area contributed by atoms with Crippen LogP contribution in [0.4, 0.5) is 11.4 Å². The molecule has 0 aromatic heterocycles. The quantitative estimate of drug-likeness (QED) is 0.840. The van der Waals surface area contributed by atoms with E-state index in [2.05, 4.69) is 10.0 Å². The molecule has 7 heteroatoms. The maximum Gasteiger partial charge on any atom is 0.261 e. The number of rotatable bonds is 6. The summed E-state index contributed by atoms with van der Waals surface area (Å²) in [5.74, 6) is 0.167. The van der Waals surface area contributed by atoms with Gasteiger partial charge in [-0.25, -0.2) is 8.42 Å². The molecule has 0 unspecified atom stereocenters. The molecule has 2 N–H and O–H groups in total. The lowest BCUT2D eigenvalue weighted by atomic mass is 10.2. The molecule has 0 spiro atoms. The summed E-state index contributed by atoms with van der Waals surface area (Å²) in [5, 5.41) is 2.64. The van der Waals surface area contributed by atoms with E-state index in [0.717, 1.165) is 5.56 Å². The number of hydrogen-bond acceptors (Lipinski definition) is 4. The van der Waals surface area contributed by atoms with Crippen LogP contribution in [0.5, 0.6) is 5.75 Å². The standard InChI is InChI=1S/C17H20N2O4S/c1-4-17(20)18-15-11-14(8-9-16(15)23-3)24(21,22)19-13-7-5-6-12(2)10-13/h5-11,19H,4H2,1-3H3,(H,18,20). The molecule has 0 bridgehead atoms. The van der Waals surface area contributed by atoms with Crippen molar-refractivity contribution in [2.24, 2.45) is 0 Å². The van der Waals surface area contributed by atoms with Gasteiger partial charge in [-0.3, -0.25) is 9.52 Å². The van der Waals surface area contributed by atoms with E-state index >= 15 is 0 Å². The average Bonchev–Trinajstić information content (AvgIpc) is 2.54. The van der Waals surface area contributed by atoms with Gasteiger partial charge in [-0.2, -0.15) is 0 Å². The Bertz CT molecular complexity index is 847. The fourth-order valence-corrected chi connectivity index (χ4v) is 3.19. The van der Waals surface area contributed by atoms with Crippen LogP contribution in [0.3, 0.4) is 0 Å². The second-order valence-corrected chi connectivity index (χ2v) is 6.92. The van der Waals surface area contributed by atoms with Crippen molar-refractivity contribution in [2.75, 3.05) is 17.1 Å². The SMILES string of the molecule is CCC(=O)Nc1cc(S(=O)(=O)Nc2cccc(C)c2)ccc1OC. The first-order chi connectivity index (χ1) is 11.4. The van der Waals surface area contributed by atoms with E-state index in [1.165, 1.54) is 25.3 Å². The van der Waals surface area contributed by atoms with Gasteiger partial charge in [0.1, 0.15) is 5.75 Å². The van der Waals surface area contributed by atoms with E-state index in [1.54, 1.807) is 25.1 Å². The lowest BCUT2D eigenvalue weighted by molar-refractivity contribution is -0.115. The van der Waals surface area contributed by atoms with Gasteiger partial charge in [0.2, 0.25) is 5.91 Å². The first kappa shape index (κ1) is 17.8. The van der Waals surface area contributed by atoms with E-state index in [1.807, 2.05) is 13.0 Å². The van der Waals surface area contributed by atoms with Gasteiger partial charge < -0.3 is 10.1 Å². The minimum Gasteiger partial charge on any atom is -0.495 e. The summed E-state index contributed by atoms with van der Waals surface area (Å²) in [4.78, 5) is 11.6. The Hall–Kier alpha value is -2.54. The molecule has 0 aliphatic carbocycles. The highest BCUT2D eigenvalue weighted by Crippen LogP contribution is 2.28.